The summed E-state index contributed by atoms with van der Waals surface area (Å²) in [6.45, 7) is 0.350. The molecule has 3 aromatic rings. The first kappa shape index (κ1) is 23.4. The van der Waals surface area contributed by atoms with Gasteiger partial charge in [-0.15, -0.1) is 0 Å². The number of rotatable bonds is 7. The lowest BCUT2D eigenvalue weighted by Crippen LogP contribution is -2.44. The number of ether oxygens (including phenoxy) is 2. The number of hydrogen-bond donors (Lipinski definition) is 1. The lowest BCUT2D eigenvalue weighted by molar-refractivity contribution is -0.129. The fourth-order valence-corrected chi connectivity index (χ4v) is 4.58. The Bertz CT molecular complexity index is 1180. The van der Waals surface area contributed by atoms with E-state index in [1.54, 1.807) is 31.3 Å². The number of carbonyl (C=O) groups is 2. The quantitative estimate of drug-likeness (QED) is 0.528. The molecule has 1 heterocycles. The second kappa shape index (κ2) is 10.9. The highest BCUT2D eigenvalue weighted by molar-refractivity contribution is 8.15. The first-order valence-electron chi connectivity index (χ1n) is 10.7. The molecule has 1 unspecified atom stereocenters. The molecule has 8 heteroatoms. The molecule has 34 heavy (non-hydrogen) atoms. The van der Waals surface area contributed by atoms with Gasteiger partial charge in [-0.2, -0.15) is 0 Å². The van der Waals surface area contributed by atoms with Crippen LogP contribution < -0.4 is 14.8 Å². The molecule has 1 fully saturated rings. The molecule has 1 saturated heterocycles. The molecule has 7 nitrogen and oxygen atoms in total. The van der Waals surface area contributed by atoms with Gasteiger partial charge in [-0.1, -0.05) is 54.2 Å². The zero-order chi connectivity index (χ0) is 23.9. The molecule has 2 amide bonds. The van der Waals surface area contributed by atoms with Crippen molar-refractivity contribution in [3.8, 4) is 11.5 Å². The normalized spacial score (nSPS) is 16.9. The van der Waals surface area contributed by atoms with Gasteiger partial charge in [0.1, 0.15) is 16.7 Å². The molecule has 4 rings (SSSR count). The van der Waals surface area contributed by atoms with Crippen molar-refractivity contribution in [2.75, 3.05) is 19.5 Å². The molecule has 0 aliphatic carbocycles. The molecule has 1 aliphatic heterocycles. The zero-order valence-corrected chi connectivity index (χ0v) is 19.7. The van der Waals surface area contributed by atoms with Crippen LogP contribution in [-0.2, 0) is 16.1 Å². The monoisotopic (exact) mass is 475 g/mol. The van der Waals surface area contributed by atoms with Crippen LogP contribution in [0.1, 0.15) is 12.0 Å². The van der Waals surface area contributed by atoms with Gasteiger partial charge in [0.2, 0.25) is 11.8 Å². The van der Waals surface area contributed by atoms with Crippen molar-refractivity contribution < 1.29 is 19.1 Å². The summed E-state index contributed by atoms with van der Waals surface area (Å²) < 4.78 is 10.5. The minimum atomic E-state index is -0.619. The Balaban J connectivity index is 1.58. The summed E-state index contributed by atoms with van der Waals surface area (Å²) in [6.07, 6.45) is 0.0651. The van der Waals surface area contributed by atoms with E-state index in [9.17, 15) is 9.59 Å². The standard InChI is InChI=1S/C26H25N3O4S/c1-32-20-14-12-18(13-15-20)17-29-24(30)16-23(34-26(29)27-19-8-4-3-5-9-19)25(31)28-21-10-6-7-11-22(21)33-2/h3-15,23H,16-17H2,1-2H3,(H,28,31). The van der Waals surface area contributed by atoms with Crippen molar-refractivity contribution in [1.82, 2.24) is 4.90 Å². The molecule has 174 valence electrons. The first-order valence-corrected chi connectivity index (χ1v) is 11.6. The molecule has 0 bridgehead atoms. The van der Waals surface area contributed by atoms with Crippen molar-refractivity contribution in [2.45, 2.75) is 18.2 Å². The summed E-state index contributed by atoms with van der Waals surface area (Å²) in [6, 6.07) is 24.1. The van der Waals surface area contributed by atoms with Crippen LogP contribution >= 0.6 is 11.8 Å². The topological polar surface area (TPSA) is 80.2 Å². The second-order valence-electron chi connectivity index (χ2n) is 7.56. The third-order valence-electron chi connectivity index (χ3n) is 5.28. The SMILES string of the molecule is COc1ccc(CN2C(=O)CC(C(=O)Nc3ccccc3OC)SC2=Nc2ccccc2)cc1. The van der Waals surface area contributed by atoms with Gasteiger partial charge in [0.15, 0.2) is 5.17 Å². The largest absolute Gasteiger partial charge is 0.497 e. The number of nitrogens with one attached hydrogen (secondary N) is 1. The molecule has 3 aromatic carbocycles. The number of para-hydroxylation sites is 3. The molecular formula is C26H25N3O4S. The third-order valence-corrected chi connectivity index (χ3v) is 6.47. The van der Waals surface area contributed by atoms with Crippen molar-refractivity contribution >= 4 is 40.1 Å². The fourth-order valence-electron chi connectivity index (χ4n) is 3.48. The maximum absolute atomic E-state index is 13.2. The summed E-state index contributed by atoms with van der Waals surface area (Å²) in [5, 5.41) is 2.76. The third kappa shape index (κ3) is 5.58. The fraction of sp³-hybridized carbons (Fsp3) is 0.192. The highest BCUT2D eigenvalue weighted by Gasteiger charge is 2.36. The second-order valence-corrected chi connectivity index (χ2v) is 8.73. The van der Waals surface area contributed by atoms with Crippen LogP contribution in [0.15, 0.2) is 83.9 Å². The number of anilines is 1. The van der Waals surface area contributed by atoms with E-state index in [2.05, 4.69) is 5.32 Å². The van der Waals surface area contributed by atoms with Crippen LogP contribution in [0.5, 0.6) is 11.5 Å². The van der Waals surface area contributed by atoms with Crippen LogP contribution in [-0.4, -0.2) is 41.4 Å². The molecular weight excluding hydrogens is 450 g/mol. The van der Waals surface area contributed by atoms with Gasteiger partial charge in [-0.25, -0.2) is 4.99 Å². The van der Waals surface area contributed by atoms with E-state index in [0.29, 0.717) is 28.8 Å². The van der Waals surface area contributed by atoms with Crippen LogP contribution in [0.4, 0.5) is 11.4 Å². The van der Waals surface area contributed by atoms with E-state index in [-0.39, 0.29) is 18.2 Å². The number of amides is 2. The molecule has 0 spiro atoms. The maximum atomic E-state index is 13.2. The lowest BCUT2D eigenvalue weighted by atomic mass is 10.2. The van der Waals surface area contributed by atoms with Crippen molar-refractivity contribution in [2.24, 2.45) is 4.99 Å². The summed E-state index contributed by atoms with van der Waals surface area (Å²) in [4.78, 5) is 32.6. The van der Waals surface area contributed by atoms with Crippen LogP contribution in [0.25, 0.3) is 0 Å². The minimum absolute atomic E-state index is 0.0651. The first-order chi connectivity index (χ1) is 16.6. The number of amidine groups is 1. The van der Waals surface area contributed by atoms with Gasteiger partial charge in [0, 0.05) is 6.42 Å². The molecule has 1 atom stereocenters. The molecule has 0 radical (unpaired) electrons. The number of methoxy groups -OCH3 is 2. The summed E-state index contributed by atoms with van der Waals surface area (Å²) in [5.41, 5.74) is 2.21. The van der Waals surface area contributed by atoms with Gasteiger partial charge < -0.3 is 14.8 Å². The lowest BCUT2D eigenvalue weighted by Gasteiger charge is -2.32. The van der Waals surface area contributed by atoms with Crippen molar-refractivity contribution in [3.63, 3.8) is 0 Å². The van der Waals surface area contributed by atoms with E-state index < -0.39 is 5.25 Å². The van der Waals surface area contributed by atoms with E-state index in [1.165, 1.54) is 11.8 Å². The Morgan fingerprint density at radius 2 is 1.71 bits per heavy atom. The number of aliphatic imine (C=N–C) groups is 1. The van der Waals surface area contributed by atoms with Gasteiger partial charge in [-0.3, -0.25) is 14.5 Å². The number of hydrogen-bond acceptors (Lipinski definition) is 6. The smallest absolute Gasteiger partial charge is 0.238 e. The summed E-state index contributed by atoms with van der Waals surface area (Å²) >= 11 is 1.28. The Morgan fingerprint density at radius 1 is 1.00 bits per heavy atom. The van der Waals surface area contributed by atoms with Crippen LogP contribution in [0, 0.1) is 0 Å². The Hall–Kier alpha value is -3.78. The highest BCUT2D eigenvalue weighted by atomic mass is 32.2. The predicted molar refractivity (Wildman–Crippen MR) is 135 cm³/mol. The highest BCUT2D eigenvalue weighted by Crippen LogP contribution is 2.32. The van der Waals surface area contributed by atoms with E-state index in [0.717, 1.165) is 11.3 Å². The van der Waals surface area contributed by atoms with Gasteiger partial charge in [0.05, 0.1) is 32.1 Å². The molecule has 0 aromatic heterocycles. The molecule has 1 N–H and O–H groups in total. The average Bonchev–Trinajstić information content (AvgIpc) is 2.87. The van der Waals surface area contributed by atoms with Crippen LogP contribution in [0.3, 0.4) is 0 Å². The van der Waals surface area contributed by atoms with Gasteiger partial charge in [0.25, 0.3) is 0 Å². The van der Waals surface area contributed by atoms with Gasteiger partial charge in [-0.05, 0) is 42.0 Å². The van der Waals surface area contributed by atoms with E-state index in [4.69, 9.17) is 14.5 Å². The number of thioether (sulfide) groups is 1. The number of carbonyl (C=O) groups excluding carboxylic acids is 2. The number of nitrogens with zero attached hydrogens (tertiary/aromatic N) is 2. The van der Waals surface area contributed by atoms with E-state index >= 15 is 0 Å². The summed E-state index contributed by atoms with van der Waals surface area (Å²) in [5.74, 6) is 0.869. The van der Waals surface area contributed by atoms with Crippen molar-refractivity contribution in [1.29, 1.82) is 0 Å². The Morgan fingerprint density at radius 3 is 2.41 bits per heavy atom. The van der Waals surface area contributed by atoms with Gasteiger partial charge >= 0.3 is 0 Å². The Kier molecular flexibility index (Phi) is 7.49. The number of benzene rings is 3. The molecule has 0 saturated carbocycles. The Labute approximate surface area is 202 Å². The average molecular weight is 476 g/mol. The zero-order valence-electron chi connectivity index (χ0n) is 18.9. The molecule has 1 aliphatic rings. The maximum Gasteiger partial charge on any atom is 0.238 e. The van der Waals surface area contributed by atoms with Crippen LogP contribution in [0.2, 0.25) is 0 Å². The van der Waals surface area contributed by atoms with E-state index in [1.807, 2.05) is 66.7 Å². The predicted octanol–water partition coefficient (Wildman–Crippen LogP) is 4.86. The minimum Gasteiger partial charge on any atom is -0.497 e. The summed E-state index contributed by atoms with van der Waals surface area (Å²) in [7, 11) is 3.16. The van der Waals surface area contributed by atoms with Crippen molar-refractivity contribution in [3.05, 3.63) is 84.4 Å².